The lowest BCUT2D eigenvalue weighted by atomic mass is 10.2. The Morgan fingerprint density at radius 2 is 2.32 bits per heavy atom. The zero-order valence-electron chi connectivity index (χ0n) is 12.1. The molecule has 5 nitrogen and oxygen atoms in total. The molecule has 0 radical (unpaired) electrons. The third-order valence-corrected chi connectivity index (χ3v) is 4.31. The fraction of sp³-hybridized carbons (Fsp3) is 0.786. The van der Waals surface area contributed by atoms with E-state index in [4.69, 9.17) is 5.10 Å². The number of nitrogens with one attached hydrogen (secondary N) is 1. The molecule has 0 aromatic carbocycles. The van der Waals surface area contributed by atoms with E-state index in [0.29, 0.717) is 6.04 Å². The van der Waals surface area contributed by atoms with E-state index in [-0.39, 0.29) is 0 Å². The van der Waals surface area contributed by atoms with Gasteiger partial charge in [-0.2, -0.15) is 5.10 Å². The minimum atomic E-state index is 0.710. The highest BCUT2D eigenvalue weighted by atomic mass is 15.3. The lowest BCUT2D eigenvalue weighted by Crippen LogP contribution is -2.31. The number of aromatic nitrogens is 2. The number of likely N-dealkylation sites (tertiary alicyclic amines) is 1. The quantitative estimate of drug-likeness (QED) is 0.862. The molecule has 1 fully saturated rings. The zero-order chi connectivity index (χ0) is 13.2. The molecule has 3 heterocycles. The third kappa shape index (κ3) is 2.99. The van der Waals surface area contributed by atoms with E-state index in [9.17, 15) is 0 Å². The topological polar surface area (TPSA) is 36.3 Å². The number of likely N-dealkylation sites (N-methyl/N-ethyl adjacent to an activating group) is 1. The highest BCUT2D eigenvalue weighted by Gasteiger charge is 2.24. The van der Waals surface area contributed by atoms with Crippen LogP contribution in [0.3, 0.4) is 0 Å². The maximum Gasteiger partial charge on any atom is 0.0768 e. The van der Waals surface area contributed by atoms with Crippen LogP contribution in [0.4, 0.5) is 0 Å². The smallest absolute Gasteiger partial charge is 0.0768 e. The summed E-state index contributed by atoms with van der Waals surface area (Å²) in [7, 11) is 4.36. The van der Waals surface area contributed by atoms with Crippen molar-refractivity contribution in [1.29, 1.82) is 0 Å². The molecule has 1 N–H and O–H groups in total. The van der Waals surface area contributed by atoms with Gasteiger partial charge in [0.2, 0.25) is 0 Å². The molecule has 1 saturated heterocycles. The number of aryl methyl sites for hydroxylation is 1. The van der Waals surface area contributed by atoms with Crippen molar-refractivity contribution in [1.82, 2.24) is 24.9 Å². The van der Waals surface area contributed by atoms with Gasteiger partial charge in [0.05, 0.1) is 11.4 Å². The van der Waals surface area contributed by atoms with Gasteiger partial charge < -0.3 is 10.2 Å². The molecule has 0 aliphatic carbocycles. The van der Waals surface area contributed by atoms with E-state index in [1.165, 1.54) is 37.3 Å². The summed E-state index contributed by atoms with van der Waals surface area (Å²) in [5.41, 5.74) is 2.58. The van der Waals surface area contributed by atoms with E-state index in [1.54, 1.807) is 0 Å². The van der Waals surface area contributed by atoms with Gasteiger partial charge in [-0.3, -0.25) is 9.58 Å². The molecule has 106 valence electrons. The monoisotopic (exact) mass is 263 g/mol. The molecule has 0 saturated carbocycles. The Labute approximate surface area is 115 Å². The van der Waals surface area contributed by atoms with Gasteiger partial charge in [0.1, 0.15) is 0 Å². The molecule has 0 bridgehead atoms. The average molecular weight is 263 g/mol. The van der Waals surface area contributed by atoms with Crippen LogP contribution in [-0.2, 0) is 19.6 Å². The zero-order valence-corrected chi connectivity index (χ0v) is 12.1. The number of nitrogens with zero attached hydrogens (tertiary/aromatic N) is 4. The lowest BCUT2D eigenvalue weighted by molar-refractivity contribution is 0.262. The van der Waals surface area contributed by atoms with Crippen molar-refractivity contribution < 1.29 is 0 Å². The minimum Gasteiger partial charge on any atom is -0.311 e. The molecule has 3 rings (SSSR count). The Morgan fingerprint density at radius 3 is 3.11 bits per heavy atom. The summed E-state index contributed by atoms with van der Waals surface area (Å²) in [6.07, 6.45) is 2.46. The van der Waals surface area contributed by atoms with Crippen LogP contribution >= 0.6 is 0 Å². The Bertz CT molecular complexity index is 402. The lowest BCUT2D eigenvalue weighted by Gasteiger charge is -2.19. The molecule has 1 aromatic rings. The summed E-state index contributed by atoms with van der Waals surface area (Å²) >= 11 is 0. The van der Waals surface area contributed by atoms with Crippen molar-refractivity contribution in [2.45, 2.75) is 38.5 Å². The second-order valence-electron chi connectivity index (χ2n) is 6.02. The second-order valence-corrected chi connectivity index (χ2v) is 6.02. The van der Waals surface area contributed by atoms with Crippen LogP contribution in [-0.4, -0.2) is 59.4 Å². The van der Waals surface area contributed by atoms with Crippen LogP contribution in [0.2, 0.25) is 0 Å². The normalized spacial score (nSPS) is 24.7. The summed E-state index contributed by atoms with van der Waals surface area (Å²) < 4.78 is 2.19. The van der Waals surface area contributed by atoms with Gasteiger partial charge in [0.25, 0.3) is 0 Å². The standard InChI is InChI=1S/C14H25N5/c1-17(2)13-4-7-18(11-13)10-12-8-14-9-15-5-3-6-19(14)16-12/h8,13,15H,3-7,9-11H2,1-2H3. The van der Waals surface area contributed by atoms with Crippen molar-refractivity contribution in [2.75, 3.05) is 33.7 Å². The summed E-state index contributed by atoms with van der Waals surface area (Å²) in [6.45, 7) is 6.51. The van der Waals surface area contributed by atoms with E-state index < -0.39 is 0 Å². The summed E-state index contributed by atoms with van der Waals surface area (Å²) in [5, 5.41) is 8.22. The summed E-state index contributed by atoms with van der Waals surface area (Å²) in [5.74, 6) is 0. The van der Waals surface area contributed by atoms with Crippen molar-refractivity contribution in [3.05, 3.63) is 17.5 Å². The van der Waals surface area contributed by atoms with Crippen LogP contribution < -0.4 is 5.32 Å². The molecule has 1 atom stereocenters. The van der Waals surface area contributed by atoms with Crippen LogP contribution in [0, 0.1) is 0 Å². The Kier molecular flexibility index (Phi) is 3.86. The van der Waals surface area contributed by atoms with Crippen molar-refractivity contribution >= 4 is 0 Å². The second kappa shape index (κ2) is 5.61. The first-order chi connectivity index (χ1) is 9.22. The molecular formula is C14H25N5. The number of hydrogen-bond donors (Lipinski definition) is 1. The van der Waals surface area contributed by atoms with Gasteiger partial charge in [-0.05, 0) is 39.5 Å². The fourth-order valence-electron chi connectivity index (χ4n) is 3.10. The molecule has 0 spiro atoms. The van der Waals surface area contributed by atoms with E-state index in [1.807, 2.05) is 0 Å². The minimum absolute atomic E-state index is 0.710. The molecule has 5 heteroatoms. The Balaban J connectivity index is 1.62. The van der Waals surface area contributed by atoms with Gasteiger partial charge in [-0.25, -0.2) is 0 Å². The Hall–Kier alpha value is -0.910. The number of hydrogen-bond acceptors (Lipinski definition) is 4. The molecule has 19 heavy (non-hydrogen) atoms. The average Bonchev–Trinajstić information content (AvgIpc) is 2.93. The highest BCUT2D eigenvalue weighted by Crippen LogP contribution is 2.17. The largest absolute Gasteiger partial charge is 0.311 e. The van der Waals surface area contributed by atoms with Gasteiger partial charge in [-0.1, -0.05) is 0 Å². The first kappa shape index (κ1) is 13.1. The maximum absolute atomic E-state index is 4.77. The predicted octanol–water partition coefficient (Wildman–Crippen LogP) is 0.512. The van der Waals surface area contributed by atoms with Crippen LogP contribution in [0.5, 0.6) is 0 Å². The first-order valence-electron chi connectivity index (χ1n) is 7.37. The van der Waals surface area contributed by atoms with Crippen LogP contribution in [0.15, 0.2) is 6.07 Å². The van der Waals surface area contributed by atoms with Gasteiger partial charge in [0, 0.05) is 38.8 Å². The first-order valence-corrected chi connectivity index (χ1v) is 7.37. The van der Waals surface area contributed by atoms with Crippen LogP contribution in [0.25, 0.3) is 0 Å². The molecular weight excluding hydrogens is 238 g/mol. The maximum atomic E-state index is 4.77. The SMILES string of the molecule is CN(C)C1CCN(Cc2cc3n(n2)CCCNC3)C1. The fourth-order valence-corrected chi connectivity index (χ4v) is 3.10. The molecule has 2 aliphatic rings. The third-order valence-electron chi connectivity index (χ3n) is 4.31. The van der Waals surface area contributed by atoms with Crippen molar-refractivity contribution in [2.24, 2.45) is 0 Å². The van der Waals surface area contributed by atoms with E-state index in [0.717, 1.165) is 26.2 Å². The predicted molar refractivity (Wildman–Crippen MR) is 75.9 cm³/mol. The van der Waals surface area contributed by atoms with E-state index in [2.05, 4.69) is 40.0 Å². The molecule has 1 aromatic heterocycles. The summed E-state index contributed by atoms with van der Waals surface area (Å²) in [6, 6.07) is 2.99. The number of fused-ring (bicyclic) bond motifs is 1. The van der Waals surface area contributed by atoms with Gasteiger partial charge in [-0.15, -0.1) is 0 Å². The van der Waals surface area contributed by atoms with Crippen LogP contribution in [0.1, 0.15) is 24.2 Å². The van der Waals surface area contributed by atoms with Gasteiger partial charge in [0.15, 0.2) is 0 Å². The van der Waals surface area contributed by atoms with Crippen molar-refractivity contribution in [3.8, 4) is 0 Å². The van der Waals surface area contributed by atoms with Crippen molar-refractivity contribution in [3.63, 3.8) is 0 Å². The molecule has 0 amide bonds. The van der Waals surface area contributed by atoms with E-state index >= 15 is 0 Å². The summed E-state index contributed by atoms with van der Waals surface area (Å²) in [4.78, 5) is 4.87. The Morgan fingerprint density at radius 1 is 1.42 bits per heavy atom. The molecule has 2 aliphatic heterocycles. The van der Waals surface area contributed by atoms with Gasteiger partial charge >= 0.3 is 0 Å². The molecule has 1 unspecified atom stereocenters. The number of rotatable bonds is 3. The highest BCUT2D eigenvalue weighted by molar-refractivity contribution is 5.11.